The maximum Gasteiger partial charge on any atom is 0.333 e. The second kappa shape index (κ2) is 39.1. The first-order valence-electron chi connectivity index (χ1n) is 30.8. The lowest BCUT2D eigenvalue weighted by molar-refractivity contribution is -0.127. The second-order valence-electron chi connectivity index (χ2n) is 25.8. The Morgan fingerprint density at radius 3 is 1.14 bits per heavy atom. The molecule has 27 nitrogen and oxygen atoms in total. The summed E-state index contributed by atoms with van der Waals surface area (Å²) < 4.78 is 57.1. The van der Waals surface area contributed by atoms with Crippen molar-refractivity contribution in [3.05, 3.63) is 35.7 Å². The molecule has 1 unspecified atom stereocenters. The highest BCUT2D eigenvalue weighted by Gasteiger charge is 2.36. The van der Waals surface area contributed by atoms with Gasteiger partial charge in [0.25, 0.3) is 0 Å². The van der Waals surface area contributed by atoms with E-state index in [0.29, 0.717) is 56.2 Å². The summed E-state index contributed by atoms with van der Waals surface area (Å²) in [4.78, 5) is 77.4. The van der Waals surface area contributed by atoms with Crippen LogP contribution in [-0.2, 0) is 97.9 Å². The molecule has 0 spiro atoms. The number of amides is 4. The number of aromatic nitrogens is 9. The molecule has 3 aromatic heterocycles. The minimum atomic E-state index is -3.71. The van der Waals surface area contributed by atoms with Gasteiger partial charge in [-0.3, -0.25) is 28.5 Å². The number of nitrogens with one attached hydrogen (secondary N) is 4. The number of hydrogen-bond acceptors (Lipinski definition) is 19. The van der Waals surface area contributed by atoms with E-state index in [-0.39, 0.29) is 190 Å². The van der Waals surface area contributed by atoms with E-state index < -0.39 is 18.3 Å². The van der Waals surface area contributed by atoms with Crippen LogP contribution >= 0.6 is 7.60 Å². The number of unbranched alkanes of at least 4 members (excludes halogenated alkanes) is 4. The van der Waals surface area contributed by atoms with Crippen LogP contribution in [0.5, 0.6) is 0 Å². The molecule has 87 heavy (non-hydrogen) atoms. The van der Waals surface area contributed by atoms with E-state index in [2.05, 4.69) is 52.2 Å². The van der Waals surface area contributed by atoms with Crippen molar-refractivity contribution in [1.29, 1.82) is 0 Å². The molecule has 0 aliphatic rings. The van der Waals surface area contributed by atoms with Crippen molar-refractivity contribution in [1.82, 2.24) is 66.2 Å². The normalized spacial score (nSPS) is 13.2. The lowest BCUT2D eigenvalue weighted by Gasteiger charge is -2.35. The standard InChI is InChI=1S/C59H106N13O14P/c1-55(2,3)70-41-47(64-67-70)44-83-38-35-80-32-28-60-51(74)22-25-59(26-23-52(75)61-29-33-81-36-39-84-45-48-42-71(68-65-48)56(4,5)6,27-24-53(76)62-30-34-82-37-40-85-46-49-43-72(69-66-49)57(7,8)9)63-54(77)21-18-20-50(73)19-16-14-13-15-17-31-86-87(78,79)58(10,11)12/h41-43H,13-40,44-46H2,1-12H3,(H,60,74)(H,61,75)(H,62,76)(H,63,77)(H,78,79). The first-order valence-corrected chi connectivity index (χ1v) is 32.4. The van der Waals surface area contributed by atoms with E-state index in [4.69, 9.17) is 32.9 Å². The summed E-state index contributed by atoms with van der Waals surface area (Å²) in [5, 5.41) is 35.8. The Bertz CT molecular complexity index is 2310. The zero-order chi connectivity index (χ0) is 64.4. The van der Waals surface area contributed by atoms with Gasteiger partial charge in [-0.1, -0.05) is 34.9 Å². The van der Waals surface area contributed by atoms with E-state index in [1.54, 1.807) is 34.8 Å². The average Bonchev–Trinajstić information content (AvgIpc) is 3.31. The molecule has 0 saturated carbocycles. The largest absolute Gasteiger partial charge is 0.377 e. The topological polar surface area (TPSA) is 328 Å². The van der Waals surface area contributed by atoms with Gasteiger partial charge in [0.2, 0.25) is 23.6 Å². The molecule has 0 bridgehead atoms. The molecule has 3 rings (SSSR count). The summed E-state index contributed by atoms with van der Waals surface area (Å²) in [5.74, 6) is -1.27. The number of ether oxygens (including phenoxy) is 6. The fourth-order valence-corrected chi connectivity index (χ4v) is 8.97. The van der Waals surface area contributed by atoms with Crippen LogP contribution in [0.25, 0.3) is 0 Å². The van der Waals surface area contributed by atoms with Crippen molar-refractivity contribution in [2.75, 3.05) is 85.7 Å². The number of carbonyl (C=O) groups is 5. The van der Waals surface area contributed by atoms with Crippen LogP contribution in [-0.4, -0.2) is 176 Å². The summed E-state index contributed by atoms with van der Waals surface area (Å²) in [5.41, 5.74) is 0.328. The van der Waals surface area contributed by atoms with Gasteiger partial charge in [0.05, 0.1) is 126 Å². The van der Waals surface area contributed by atoms with Gasteiger partial charge in [-0.25, -0.2) is 14.0 Å². The quantitative estimate of drug-likeness (QED) is 0.0304. The van der Waals surface area contributed by atoms with Gasteiger partial charge < -0.3 is 59.1 Å². The summed E-state index contributed by atoms with van der Waals surface area (Å²) >= 11 is 0. The Morgan fingerprint density at radius 2 is 0.782 bits per heavy atom. The average molecular weight is 1250 g/mol. The van der Waals surface area contributed by atoms with E-state index in [1.165, 1.54) is 0 Å². The molecule has 3 aromatic rings. The highest BCUT2D eigenvalue weighted by molar-refractivity contribution is 7.54. The first kappa shape index (κ1) is 76.1. The number of carbonyl (C=O) groups excluding carboxylic acids is 5. The van der Waals surface area contributed by atoms with Gasteiger partial charge in [-0.15, -0.1) is 15.3 Å². The summed E-state index contributed by atoms with van der Waals surface area (Å²) in [6, 6.07) is 0. The van der Waals surface area contributed by atoms with Crippen LogP contribution < -0.4 is 21.3 Å². The molecule has 496 valence electrons. The Kier molecular flexibility index (Phi) is 34.2. The summed E-state index contributed by atoms with van der Waals surface area (Å²) in [6.07, 6.45) is 10.3. The minimum absolute atomic E-state index is 0.00963. The molecule has 0 aliphatic carbocycles. The molecule has 28 heteroatoms. The van der Waals surface area contributed by atoms with Gasteiger partial charge >= 0.3 is 7.60 Å². The monoisotopic (exact) mass is 1250 g/mol. The molecule has 1 atom stereocenters. The van der Waals surface area contributed by atoms with E-state index >= 15 is 0 Å². The fraction of sp³-hybridized carbons (Fsp3) is 0.814. The van der Waals surface area contributed by atoms with E-state index in [0.717, 1.165) is 19.3 Å². The van der Waals surface area contributed by atoms with Gasteiger partial charge in [0, 0.05) is 63.7 Å². The van der Waals surface area contributed by atoms with Crippen LogP contribution in [0.15, 0.2) is 18.6 Å². The third kappa shape index (κ3) is 33.3. The van der Waals surface area contributed by atoms with E-state index in [1.807, 2.05) is 80.9 Å². The molecular weight excluding hydrogens is 1150 g/mol. The van der Waals surface area contributed by atoms with Gasteiger partial charge in [-0.05, 0) is 122 Å². The molecule has 0 radical (unpaired) electrons. The predicted molar refractivity (Wildman–Crippen MR) is 326 cm³/mol. The molecule has 3 heterocycles. The van der Waals surface area contributed by atoms with Crippen molar-refractivity contribution in [2.45, 2.75) is 227 Å². The zero-order valence-electron chi connectivity index (χ0n) is 54.4. The van der Waals surface area contributed by atoms with Crippen molar-refractivity contribution < 1.29 is 66.4 Å². The first-order chi connectivity index (χ1) is 41.0. The van der Waals surface area contributed by atoms with Crippen LogP contribution in [0.3, 0.4) is 0 Å². The molecular formula is C59H106N13O14P. The van der Waals surface area contributed by atoms with Crippen molar-refractivity contribution >= 4 is 37.0 Å². The van der Waals surface area contributed by atoms with Gasteiger partial charge in [0.1, 0.15) is 22.9 Å². The third-order valence-electron chi connectivity index (χ3n) is 13.7. The molecule has 0 aromatic carbocycles. The van der Waals surface area contributed by atoms with Crippen molar-refractivity contribution in [3.63, 3.8) is 0 Å². The molecule has 5 N–H and O–H groups in total. The molecule has 0 fully saturated rings. The lowest BCUT2D eigenvalue weighted by Crippen LogP contribution is -2.50. The van der Waals surface area contributed by atoms with Crippen LogP contribution in [0.1, 0.15) is 196 Å². The highest BCUT2D eigenvalue weighted by Crippen LogP contribution is 2.54. The third-order valence-corrected chi connectivity index (χ3v) is 16.0. The minimum Gasteiger partial charge on any atom is -0.377 e. The Labute approximate surface area is 515 Å². The van der Waals surface area contributed by atoms with Gasteiger partial charge in [0.15, 0.2) is 0 Å². The van der Waals surface area contributed by atoms with Crippen LogP contribution in [0, 0.1) is 0 Å². The molecule has 4 amide bonds. The number of hydrogen-bond donors (Lipinski definition) is 5. The maximum absolute atomic E-state index is 13.9. The lowest BCUT2D eigenvalue weighted by atomic mass is 9.82. The Morgan fingerprint density at radius 1 is 0.437 bits per heavy atom. The fourth-order valence-electron chi connectivity index (χ4n) is 8.21. The smallest absolute Gasteiger partial charge is 0.333 e. The SMILES string of the molecule is CC(C)(C)n1cc(COCCOCCNC(=O)CCC(CCC(=O)NCCOCCOCc2cn(C(C)(C)C)nn2)(CCC(=O)NCCOCCOCc2cn(C(C)(C)C)nn2)NC(=O)CCCC(=O)CCCCCCCOP(=O)(O)C(C)(C)C)nn1. The van der Waals surface area contributed by atoms with Crippen LogP contribution in [0.2, 0.25) is 0 Å². The summed E-state index contributed by atoms with van der Waals surface area (Å²) in [7, 11) is -3.71. The number of nitrogens with zero attached hydrogens (tertiary/aromatic N) is 9. The zero-order valence-corrected chi connectivity index (χ0v) is 55.3. The Balaban J connectivity index is 1.58. The van der Waals surface area contributed by atoms with Gasteiger partial charge in [-0.2, -0.15) is 0 Å². The highest BCUT2D eigenvalue weighted by atomic mass is 31.2. The van der Waals surface area contributed by atoms with E-state index in [9.17, 15) is 33.4 Å². The maximum atomic E-state index is 13.9. The summed E-state index contributed by atoms with van der Waals surface area (Å²) in [6.45, 7) is 27.4. The molecule has 0 saturated heterocycles. The van der Waals surface area contributed by atoms with Crippen molar-refractivity contribution in [3.8, 4) is 0 Å². The number of ketones is 1. The molecule has 0 aliphatic heterocycles. The predicted octanol–water partition coefficient (Wildman–Crippen LogP) is 6.35. The van der Waals surface area contributed by atoms with Crippen LogP contribution in [0.4, 0.5) is 0 Å². The Hall–Kier alpha value is -5.12. The number of Topliss-reactive ketones (excluding diaryl/α,β-unsaturated/α-hetero) is 1. The second-order valence-corrected chi connectivity index (χ2v) is 28.4. The van der Waals surface area contributed by atoms with Crippen molar-refractivity contribution in [2.24, 2.45) is 0 Å². The number of rotatable bonds is 47.